The van der Waals surface area contributed by atoms with E-state index in [9.17, 15) is 18.3 Å². The van der Waals surface area contributed by atoms with Gasteiger partial charge in [-0.05, 0) is 62.6 Å². The summed E-state index contributed by atoms with van der Waals surface area (Å²) in [6, 6.07) is 7.43. The van der Waals surface area contributed by atoms with Gasteiger partial charge in [-0.1, -0.05) is 44.5 Å². The van der Waals surface area contributed by atoms with Crippen LogP contribution in [0.2, 0.25) is 5.02 Å². The number of phenols is 1. The van der Waals surface area contributed by atoms with Crippen LogP contribution in [0.5, 0.6) is 5.75 Å². The molecule has 0 spiro atoms. The van der Waals surface area contributed by atoms with E-state index in [0.29, 0.717) is 17.7 Å². The minimum atomic E-state index is -4.57. The Morgan fingerprint density at radius 2 is 1.55 bits per heavy atom. The summed E-state index contributed by atoms with van der Waals surface area (Å²) in [5.41, 5.74) is 0.983. The topological polar surface area (TPSA) is 23.5 Å². The van der Waals surface area contributed by atoms with Gasteiger partial charge in [0.1, 0.15) is 5.75 Å². The van der Waals surface area contributed by atoms with Crippen LogP contribution in [0.25, 0.3) is 11.1 Å². The van der Waals surface area contributed by atoms with E-state index >= 15 is 0 Å². The molecule has 0 aliphatic carbocycles. The van der Waals surface area contributed by atoms with Crippen molar-refractivity contribution in [3.05, 3.63) is 52.0 Å². The number of halogens is 4. The van der Waals surface area contributed by atoms with Crippen molar-refractivity contribution in [1.29, 1.82) is 0 Å². The highest BCUT2D eigenvalue weighted by Crippen LogP contribution is 2.42. The van der Waals surface area contributed by atoms with Gasteiger partial charge in [0.15, 0.2) is 0 Å². The van der Waals surface area contributed by atoms with Gasteiger partial charge in [0, 0.05) is 23.2 Å². The van der Waals surface area contributed by atoms with E-state index in [0.717, 1.165) is 11.6 Å². The molecule has 0 fully saturated rings. The molecule has 29 heavy (non-hydrogen) atoms. The van der Waals surface area contributed by atoms with Crippen molar-refractivity contribution in [2.24, 2.45) is 0 Å². The Bertz CT molecular complexity index is 893. The summed E-state index contributed by atoms with van der Waals surface area (Å²) < 4.78 is 40.0. The van der Waals surface area contributed by atoms with Gasteiger partial charge in [-0.2, -0.15) is 13.2 Å². The van der Waals surface area contributed by atoms with Crippen LogP contribution < -0.4 is 0 Å². The van der Waals surface area contributed by atoms with E-state index in [1.165, 1.54) is 12.1 Å². The molecule has 1 N–H and O–H groups in total. The largest absolute Gasteiger partial charge is 0.507 e. The van der Waals surface area contributed by atoms with Gasteiger partial charge in [0.05, 0.1) is 10.6 Å². The molecule has 0 heterocycles. The predicted molar refractivity (Wildman–Crippen MR) is 113 cm³/mol. The molecule has 0 saturated heterocycles. The van der Waals surface area contributed by atoms with E-state index in [1.54, 1.807) is 6.07 Å². The molecule has 2 nitrogen and oxygen atoms in total. The van der Waals surface area contributed by atoms with Crippen LogP contribution >= 0.6 is 11.6 Å². The summed E-state index contributed by atoms with van der Waals surface area (Å²) >= 11 is 5.77. The molecule has 160 valence electrons. The molecular weight excluding hydrogens is 399 g/mol. The molecule has 2 aromatic rings. The smallest absolute Gasteiger partial charge is 0.417 e. The van der Waals surface area contributed by atoms with Crippen molar-refractivity contribution in [1.82, 2.24) is 4.90 Å². The third-order valence-electron chi connectivity index (χ3n) is 5.19. The maximum Gasteiger partial charge on any atom is 0.417 e. The zero-order valence-corrected chi connectivity index (χ0v) is 18.8. The zero-order chi connectivity index (χ0) is 22.4. The SMILES string of the molecule is CN(Cc1cc(C(C)(C)C)cc(-c2ccc(Cl)c(C(F)(F)F)c2)c1O)C(C)(C)C. The fraction of sp³-hybridized carbons (Fsp3) is 0.478. The predicted octanol–water partition coefficient (Wildman–Crippen LogP) is 7.26. The van der Waals surface area contributed by atoms with Crippen molar-refractivity contribution in [3.63, 3.8) is 0 Å². The number of benzene rings is 2. The average molecular weight is 428 g/mol. The number of rotatable bonds is 3. The van der Waals surface area contributed by atoms with Crippen LogP contribution in [-0.2, 0) is 18.1 Å². The van der Waals surface area contributed by atoms with Crippen molar-refractivity contribution in [2.75, 3.05) is 7.05 Å². The Balaban J connectivity index is 2.70. The highest BCUT2D eigenvalue weighted by molar-refractivity contribution is 6.31. The fourth-order valence-electron chi connectivity index (χ4n) is 2.87. The molecule has 0 saturated carbocycles. The highest BCUT2D eigenvalue weighted by Gasteiger charge is 2.34. The van der Waals surface area contributed by atoms with Crippen LogP contribution in [-0.4, -0.2) is 22.6 Å². The lowest BCUT2D eigenvalue weighted by Gasteiger charge is -2.33. The van der Waals surface area contributed by atoms with Crippen molar-refractivity contribution in [2.45, 2.75) is 65.2 Å². The normalized spacial score (nSPS) is 13.2. The number of hydrogen-bond acceptors (Lipinski definition) is 2. The van der Waals surface area contributed by atoms with Gasteiger partial charge in [-0.25, -0.2) is 0 Å². The van der Waals surface area contributed by atoms with E-state index in [4.69, 9.17) is 11.6 Å². The number of aromatic hydroxyl groups is 1. The van der Waals surface area contributed by atoms with Gasteiger partial charge < -0.3 is 5.11 Å². The number of alkyl halides is 3. The first kappa shape index (κ1) is 23.6. The molecule has 0 atom stereocenters. The van der Waals surface area contributed by atoms with Crippen LogP contribution in [0, 0.1) is 0 Å². The first-order valence-corrected chi connectivity index (χ1v) is 9.84. The number of phenolic OH excluding ortho intramolecular Hbond substituents is 1. The summed E-state index contributed by atoms with van der Waals surface area (Å²) in [5, 5.41) is 10.6. The minimum Gasteiger partial charge on any atom is -0.507 e. The van der Waals surface area contributed by atoms with Crippen LogP contribution in [0.4, 0.5) is 13.2 Å². The molecular formula is C23H29ClF3NO. The Kier molecular flexibility index (Phi) is 6.37. The van der Waals surface area contributed by atoms with Gasteiger partial charge in [0.2, 0.25) is 0 Å². The Morgan fingerprint density at radius 3 is 2.03 bits per heavy atom. The molecule has 2 aromatic carbocycles. The molecule has 0 aliphatic heterocycles. The van der Waals surface area contributed by atoms with Gasteiger partial charge >= 0.3 is 6.18 Å². The molecule has 6 heteroatoms. The van der Waals surface area contributed by atoms with Gasteiger partial charge in [-0.3, -0.25) is 4.90 Å². The van der Waals surface area contributed by atoms with Gasteiger partial charge in [-0.15, -0.1) is 0 Å². The second-order valence-corrected chi connectivity index (χ2v) is 9.91. The lowest BCUT2D eigenvalue weighted by atomic mass is 9.83. The molecule has 2 rings (SSSR count). The lowest BCUT2D eigenvalue weighted by Crippen LogP contribution is -2.37. The van der Waals surface area contributed by atoms with Crippen molar-refractivity contribution in [3.8, 4) is 16.9 Å². The second-order valence-electron chi connectivity index (χ2n) is 9.50. The van der Waals surface area contributed by atoms with E-state index in [-0.39, 0.29) is 27.3 Å². The van der Waals surface area contributed by atoms with E-state index < -0.39 is 11.7 Å². The third-order valence-corrected chi connectivity index (χ3v) is 5.52. The van der Waals surface area contributed by atoms with Crippen LogP contribution in [0.15, 0.2) is 30.3 Å². The summed E-state index contributed by atoms with van der Waals surface area (Å²) in [6.07, 6.45) is -4.57. The summed E-state index contributed by atoms with van der Waals surface area (Å²) in [6.45, 7) is 12.7. The van der Waals surface area contributed by atoms with Crippen LogP contribution in [0.1, 0.15) is 58.2 Å². The van der Waals surface area contributed by atoms with E-state index in [2.05, 4.69) is 25.7 Å². The fourth-order valence-corrected chi connectivity index (χ4v) is 3.10. The Hall–Kier alpha value is -1.72. The Morgan fingerprint density at radius 1 is 0.966 bits per heavy atom. The van der Waals surface area contributed by atoms with E-state index in [1.807, 2.05) is 33.9 Å². The maximum absolute atomic E-state index is 13.3. The average Bonchev–Trinajstić information content (AvgIpc) is 2.54. The highest BCUT2D eigenvalue weighted by atomic mass is 35.5. The van der Waals surface area contributed by atoms with Crippen molar-refractivity contribution >= 4 is 11.6 Å². The first-order chi connectivity index (χ1) is 13.0. The third kappa shape index (κ3) is 5.46. The maximum atomic E-state index is 13.3. The summed E-state index contributed by atoms with van der Waals surface area (Å²) in [4.78, 5) is 2.08. The van der Waals surface area contributed by atoms with Gasteiger partial charge in [0.25, 0.3) is 0 Å². The second kappa shape index (κ2) is 7.84. The molecule has 0 aromatic heterocycles. The monoisotopic (exact) mass is 427 g/mol. The quantitative estimate of drug-likeness (QED) is 0.557. The zero-order valence-electron chi connectivity index (χ0n) is 18.0. The summed E-state index contributed by atoms with van der Waals surface area (Å²) in [7, 11) is 1.95. The molecule has 0 unspecified atom stereocenters. The molecule has 0 amide bonds. The van der Waals surface area contributed by atoms with Crippen molar-refractivity contribution < 1.29 is 18.3 Å². The molecule has 0 bridgehead atoms. The minimum absolute atomic E-state index is 0.00968. The number of hydrogen-bond donors (Lipinski definition) is 1. The standard InChI is InChI=1S/C23H29ClF3NO/c1-21(2,3)16-10-15(13-28(7)22(4,5)6)20(29)17(12-16)14-8-9-19(24)18(11-14)23(25,26)27/h8-12,29H,13H2,1-7H3. The lowest BCUT2D eigenvalue weighted by molar-refractivity contribution is -0.137. The Labute approximate surface area is 176 Å². The number of nitrogens with zero attached hydrogens (tertiary/aromatic N) is 1. The molecule has 0 aliphatic rings. The molecule has 0 radical (unpaired) electrons. The first-order valence-electron chi connectivity index (χ1n) is 9.46. The summed E-state index contributed by atoms with van der Waals surface area (Å²) in [5.74, 6) is -0.00968. The van der Waals surface area contributed by atoms with Crippen LogP contribution in [0.3, 0.4) is 0 Å².